The van der Waals surface area contributed by atoms with E-state index in [0.717, 1.165) is 11.3 Å². The van der Waals surface area contributed by atoms with Gasteiger partial charge in [0.15, 0.2) is 0 Å². The van der Waals surface area contributed by atoms with Crippen LogP contribution in [0.25, 0.3) is 0 Å². The number of amides is 2. The normalized spacial score (nSPS) is 10.6. The van der Waals surface area contributed by atoms with Gasteiger partial charge in [-0.05, 0) is 42.8 Å². The van der Waals surface area contributed by atoms with Crippen molar-refractivity contribution in [3.05, 3.63) is 75.0 Å². The van der Waals surface area contributed by atoms with Gasteiger partial charge in [-0.2, -0.15) is 0 Å². The molecule has 2 aromatic carbocycles. The second-order valence-electron chi connectivity index (χ2n) is 6.41. The maximum atomic E-state index is 12.4. The molecule has 0 bridgehead atoms. The zero-order chi connectivity index (χ0) is 21.0. The predicted octanol–water partition coefficient (Wildman–Crippen LogP) is 3.48. The number of halogens is 2. The van der Waals surface area contributed by atoms with Crippen molar-refractivity contribution in [2.75, 3.05) is 12.4 Å². The van der Waals surface area contributed by atoms with Crippen molar-refractivity contribution in [1.82, 2.24) is 20.3 Å². The summed E-state index contributed by atoms with van der Waals surface area (Å²) in [6.07, 6.45) is 0.0669. The second kappa shape index (κ2) is 9.07. The largest absolute Gasteiger partial charge is 0.355 e. The van der Waals surface area contributed by atoms with E-state index in [0.29, 0.717) is 33.5 Å². The minimum Gasteiger partial charge on any atom is -0.355 e. The Morgan fingerprint density at radius 1 is 1.10 bits per heavy atom. The Labute approximate surface area is 178 Å². The maximum absolute atomic E-state index is 12.4. The first-order valence-electron chi connectivity index (χ1n) is 8.82. The molecule has 0 saturated carbocycles. The van der Waals surface area contributed by atoms with Crippen LogP contribution >= 0.6 is 23.2 Å². The van der Waals surface area contributed by atoms with Gasteiger partial charge >= 0.3 is 0 Å². The minimum absolute atomic E-state index is 0.0669. The lowest BCUT2D eigenvalue weighted by Crippen LogP contribution is -2.19. The highest BCUT2D eigenvalue weighted by Gasteiger charge is 2.14. The number of hydrogen-bond donors (Lipinski definition) is 2. The van der Waals surface area contributed by atoms with E-state index in [2.05, 4.69) is 20.9 Å². The van der Waals surface area contributed by atoms with Crippen molar-refractivity contribution in [3.63, 3.8) is 0 Å². The van der Waals surface area contributed by atoms with Crippen LogP contribution in [0, 0.1) is 6.92 Å². The summed E-state index contributed by atoms with van der Waals surface area (Å²) in [5.74, 6) is -0.467. The average Bonchev–Trinajstić information content (AvgIpc) is 3.03. The standard InChI is InChI=1S/C20H19Cl2N5O2/c1-12-18(25-26-27(12)11-13-6-7-16(21)17(22)8-13)10-19(28)24-15-5-3-4-14(9-15)20(29)23-2/h3-9H,10-11H2,1-2H3,(H,23,29)(H,24,28). The summed E-state index contributed by atoms with van der Waals surface area (Å²) in [5.41, 5.74) is 3.29. The number of carbonyl (C=O) groups is 2. The molecule has 7 nitrogen and oxygen atoms in total. The molecule has 9 heteroatoms. The highest BCUT2D eigenvalue weighted by atomic mass is 35.5. The summed E-state index contributed by atoms with van der Waals surface area (Å²) >= 11 is 12.0. The molecule has 0 aliphatic rings. The fourth-order valence-corrected chi connectivity index (χ4v) is 3.08. The van der Waals surface area contributed by atoms with Gasteiger partial charge in [-0.3, -0.25) is 9.59 Å². The first-order valence-corrected chi connectivity index (χ1v) is 9.58. The maximum Gasteiger partial charge on any atom is 0.251 e. The number of hydrogen-bond acceptors (Lipinski definition) is 4. The Kier molecular flexibility index (Phi) is 6.51. The van der Waals surface area contributed by atoms with E-state index >= 15 is 0 Å². The van der Waals surface area contributed by atoms with Gasteiger partial charge in [0, 0.05) is 18.3 Å². The Morgan fingerprint density at radius 3 is 2.62 bits per heavy atom. The molecule has 29 heavy (non-hydrogen) atoms. The molecule has 1 aromatic heterocycles. The fraction of sp³-hybridized carbons (Fsp3) is 0.200. The molecule has 150 valence electrons. The smallest absolute Gasteiger partial charge is 0.251 e. The second-order valence-corrected chi connectivity index (χ2v) is 7.23. The zero-order valence-corrected chi connectivity index (χ0v) is 17.4. The topological polar surface area (TPSA) is 88.9 Å². The summed E-state index contributed by atoms with van der Waals surface area (Å²) in [6.45, 7) is 2.32. The van der Waals surface area contributed by atoms with Crippen molar-refractivity contribution in [3.8, 4) is 0 Å². The summed E-state index contributed by atoms with van der Waals surface area (Å²) < 4.78 is 1.70. The molecule has 0 unspecified atom stereocenters. The number of nitrogens with one attached hydrogen (secondary N) is 2. The van der Waals surface area contributed by atoms with Gasteiger partial charge in [-0.25, -0.2) is 4.68 Å². The van der Waals surface area contributed by atoms with Crippen LogP contribution in [0.2, 0.25) is 10.0 Å². The van der Waals surface area contributed by atoms with Crippen LogP contribution in [0.1, 0.15) is 27.3 Å². The highest BCUT2D eigenvalue weighted by molar-refractivity contribution is 6.42. The third kappa shape index (κ3) is 5.13. The van der Waals surface area contributed by atoms with E-state index < -0.39 is 0 Å². The third-order valence-corrected chi connectivity index (χ3v) is 5.10. The fourth-order valence-electron chi connectivity index (χ4n) is 2.76. The molecular formula is C20H19Cl2N5O2. The van der Waals surface area contributed by atoms with E-state index in [-0.39, 0.29) is 18.2 Å². The molecule has 0 aliphatic heterocycles. The highest BCUT2D eigenvalue weighted by Crippen LogP contribution is 2.23. The van der Waals surface area contributed by atoms with Gasteiger partial charge in [-0.1, -0.05) is 40.5 Å². The molecular weight excluding hydrogens is 413 g/mol. The van der Waals surface area contributed by atoms with Crippen molar-refractivity contribution in [1.29, 1.82) is 0 Å². The van der Waals surface area contributed by atoms with Crippen molar-refractivity contribution in [2.24, 2.45) is 0 Å². The van der Waals surface area contributed by atoms with Crippen LogP contribution in [0.15, 0.2) is 42.5 Å². The van der Waals surface area contributed by atoms with Crippen molar-refractivity contribution >= 4 is 40.7 Å². The molecule has 2 N–H and O–H groups in total. The quantitative estimate of drug-likeness (QED) is 0.624. The number of anilines is 1. The van der Waals surface area contributed by atoms with Gasteiger partial charge in [0.2, 0.25) is 5.91 Å². The van der Waals surface area contributed by atoms with Crippen LogP contribution < -0.4 is 10.6 Å². The first-order chi connectivity index (χ1) is 13.9. The molecule has 1 heterocycles. The molecule has 0 spiro atoms. The summed E-state index contributed by atoms with van der Waals surface area (Å²) in [7, 11) is 1.55. The number of carbonyl (C=O) groups excluding carboxylic acids is 2. The van der Waals surface area contributed by atoms with E-state index in [9.17, 15) is 9.59 Å². The molecule has 0 aliphatic carbocycles. The lowest BCUT2D eigenvalue weighted by molar-refractivity contribution is -0.115. The zero-order valence-electron chi connectivity index (χ0n) is 15.9. The molecule has 2 amide bonds. The molecule has 3 aromatic rings. The molecule has 3 rings (SSSR count). The van der Waals surface area contributed by atoms with Gasteiger partial charge in [-0.15, -0.1) is 5.10 Å². The van der Waals surface area contributed by atoms with Crippen molar-refractivity contribution in [2.45, 2.75) is 19.9 Å². The van der Waals surface area contributed by atoms with Crippen LogP contribution in [0.3, 0.4) is 0 Å². The van der Waals surface area contributed by atoms with E-state index in [4.69, 9.17) is 23.2 Å². The first kappa shape index (κ1) is 20.8. The van der Waals surface area contributed by atoms with Gasteiger partial charge in [0.25, 0.3) is 5.91 Å². The summed E-state index contributed by atoms with van der Waals surface area (Å²) in [5, 5.41) is 14.5. The lowest BCUT2D eigenvalue weighted by atomic mass is 10.1. The van der Waals surface area contributed by atoms with Crippen LogP contribution in [-0.4, -0.2) is 33.9 Å². The Morgan fingerprint density at radius 2 is 1.90 bits per heavy atom. The van der Waals surface area contributed by atoms with Crippen LogP contribution in [0.4, 0.5) is 5.69 Å². The summed E-state index contributed by atoms with van der Waals surface area (Å²) in [6, 6.07) is 12.1. The number of aromatic nitrogens is 3. The third-order valence-electron chi connectivity index (χ3n) is 4.36. The average molecular weight is 432 g/mol. The molecule has 0 atom stereocenters. The number of nitrogens with zero attached hydrogens (tertiary/aromatic N) is 3. The van der Waals surface area contributed by atoms with Crippen molar-refractivity contribution < 1.29 is 9.59 Å². The van der Waals surface area contributed by atoms with Gasteiger partial charge < -0.3 is 10.6 Å². The Bertz CT molecular complexity index is 1060. The molecule has 0 radical (unpaired) electrons. The van der Waals surface area contributed by atoms with Gasteiger partial charge in [0.05, 0.1) is 34.4 Å². The monoisotopic (exact) mass is 431 g/mol. The van der Waals surface area contributed by atoms with Gasteiger partial charge in [0.1, 0.15) is 0 Å². The SMILES string of the molecule is CNC(=O)c1cccc(NC(=O)Cc2nnn(Cc3ccc(Cl)c(Cl)c3)c2C)c1. The number of rotatable bonds is 6. The summed E-state index contributed by atoms with van der Waals surface area (Å²) in [4.78, 5) is 24.1. The molecule has 0 fully saturated rings. The van der Waals surface area contributed by atoms with Crippen LogP contribution in [-0.2, 0) is 17.8 Å². The molecule has 0 saturated heterocycles. The number of benzene rings is 2. The van der Waals surface area contributed by atoms with E-state index in [1.54, 1.807) is 48.1 Å². The minimum atomic E-state index is -0.247. The Balaban J connectivity index is 1.67. The van der Waals surface area contributed by atoms with Crippen LogP contribution in [0.5, 0.6) is 0 Å². The predicted molar refractivity (Wildman–Crippen MR) is 112 cm³/mol. The lowest BCUT2D eigenvalue weighted by Gasteiger charge is -2.07. The van der Waals surface area contributed by atoms with E-state index in [1.807, 2.05) is 13.0 Å². The van der Waals surface area contributed by atoms with E-state index in [1.165, 1.54) is 0 Å². The Hall–Kier alpha value is -2.90.